The van der Waals surface area contributed by atoms with Crippen LogP contribution < -0.4 is 16.0 Å². The fourth-order valence-electron chi connectivity index (χ4n) is 6.95. The van der Waals surface area contributed by atoms with E-state index in [1.807, 2.05) is 86.6 Å². The van der Waals surface area contributed by atoms with Gasteiger partial charge in [0.15, 0.2) is 12.6 Å². The van der Waals surface area contributed by atoms with E-state index in [0.717, 1.165) is 22.3 Å². The minimum atomic E-state index is -1.11. The third-order valence-electron chi connectivity index (χ3n) is 10.0. The summed E-state index contributed by atoms with van der Waals surface area (Å²) in [7, 11) is 6.15. The zero-order valence-corrected chi connectivity index (χ0v) is 36.6. The van der Waals surface area contributed by atoms with Crippen LogP contribution in [0.4, 0.5) is 10.5 Å². The second-order valence-electron chi connectivity index (χ2n) is 15.9. The first-order chi connectivity index (χ1) is 28.2. The van der Waals surface area contributed by atoms with Gasteiger partial charge in [0.1, 0.15) is 17.7 Å². The molecule has 0 aliphatic carbocycles. The lowest BCUT2D eigenvalue weighted by molar-refractivity contribution is -0.139. The molecule has 0 aliphatic heterocycles. The summed E-state index contributed by atoms with van der Waals surface area (Å²) in [6.07, 6.45) is -1.12. The summed E-state index contributed by atoms with van der Waals surface area (Å²) in [5.41, 5.74) is 2.79. The van der Waals surface area contributed by atoms with Gasteiger partial charge in [-0.3, -0.25) is 9.59 Å². The average molecular weight is 828 g/mol. The molecule has 12 heteroatoms. The Morgan fingerprint density at radius 3 is 1.56 bits per heavy atom. The number of ether oxygens (including phenoxy) is 5. The fourth-order valence-corrected chi connectivity index (χ4v) is 8.52. The van der Waals surface area contributed by atoms with Gasteiger partial charge in [-0.05, 0) is 66.7 Å². The van der Waals surface area contributed by atoms with Gasteiger partial charge in [0.2, 0.25) is 11.8 Å². The topological polar surface area (TPSA) is 133 Å². The highest BCUT2D eigenvalue weighted by atomic mass is 32.2. The fraction of sp³-hybridized carbons (Fsp3) is 0.426. The van der Waals surface area contributed by atoms with E-state index in [1.165, 1.54) is 14.2 Å². The maximum atomic E-state index is 14.7. The van der Waals surface area contributed by atoms with Crippen LogP contribution in [0, 0.1) is 5.41 Å². The number of thioether (sulfide) groups is 1. The molecule has 0 fully saturated rings. The molecule has 11 nitrogen and oxygen atoms in total. The van der Waals surface area contributed by atoms with Crippen molar-refractivity contribution >= 4 is 35.4 Å². The summed E-state index contributed by atoms with van der Waals surface area (Å²) in [6, 6.07) is 35.9. The molecule has 2 atom stereocenters. The van der Waals surface area contributed by atoms with Crippen molar-refractivity contribution in [3.05, 3.63) is 138 Å². The average Bonchev–Trinajstić information content (AvgIpc) is 3.22. The highest BCUT2D eigenvalue weighted by molar-refractivity contribution is 8.00. The molecule has 0 bridgehead atoms. The predicted molar refractivity (Wildman–Crippen MR) is 234 cm³/mol. The lowest BCUT2D eigenvalue weighted by atomic mass is 9.80. The largest absolute Gasteiger partial charge is 0.444 e. The smallest absolute Gasteiger partial charge is 0.408 e. The second kappa shape index (κ2) is 22.0. The van der Waals surface area contributed by atoms with Crippen LogP contribution in [0.1, 0.15) is 69.7 Å². The summed E-state index contributed by atoms with van der Waals surface area (Å²) in [5.74, 6) is -0.585. The van der Waals surface area contributed by atoms with Crippen LogP contribution in [0.25, 0.3) is 0 Å². The van der Waals surface area contributed by atoms with Crippen molar-refractivity contribution in [3.8, 4) is 0 Å². The van der Waals surface area contributed by atoms with E-state index in [2.05, 4.69) is 52.3 Å². The number of amides is 3. The van der Waals surface area contributed by atoms with E-state index >= 15 is 0 Å². The molecular formula is C47H61N3O8S. The number of anilines is 1. The summed E-state index contributed by atoms with van der Waals surface area (Å²) < 4.78 is 27.0. The van der Waals surface area contributed by atoms with E-state index in [4.69, 9.17) is 23.7 Å². The molecule has 59 heavy (non-hydrogen) atoms. The third-order valence-corrected chi connectivity index (χ3v) is 11.6. The van der Waals surface area contributed by atoms with Gasteiger partial charge in [-0.25, -0.2) is 4.79 Å². The van der Waals surface area contributed by atoms with E-state index in [-0.39, 0.29) is 12.8 Å². The Morgan fingerprint density at radius 1 is 0.610 bits per heavy atom. The second-order valence-corrected chi connectivity index (χ2v) is 17.2. The lowest BCUT2D eigenvalue weighted by Gasteiger charge is -2.37. The number of benzene rings is 4. The van der Waals surface area contributed by atoms with Crippen molar-refractivity contribution in [2.45, 2.75) is 88.9 Å². The standard InChI is InChI=1S/C47H61N3O8S/c1-45(2,3)58-44(53)49-38(29-30-59-47(34-22-13-10-14-23-34,35-24-15-11-16-25-35)36-26-17-12-18-27-36)42(51)50-41(46(4,5)32-40(56-8)57-9)43(52)48-37-28-20-19-21-33(37)31-39(54-6)55-7/h10-28,38-41H,29-32H2,1-9H3,(H,48,52)(H,49,53)(H,50,51)/t38-,41?/m0/s1. The van der Waals surface area contributed by atoms with Gasteiger partial charge in [-0.1, -0.05) is 123 Å². The molecule has 0 saturated carbocycles. The van der Waals surface area contributed by atoms with Crippen molar-refractivity contribution in [1.82, 2.24) is 10.6 Å². The quantitative estimate of drug-likeness (QED) is 0.0561. The number of nitrogens with one attached hydrogen (secondary N) is 3. The molecule has 4 aromatic carbocycles. The molecule has 1 unspecified atom stereocenters. The zero-order chi connectivity index (χ0) is 43.1. The summed E-state index contributed by atoms with van der Waals surface area (Å²) in [6.45, 7) is 9.00. The van der Waals surface area contributed by atoms with Crippen molar-refractivity contribution in [2.75, 3.05) is 39.5 Å². The van der Waals surface area contributed by atoms with Crippen molar-refractivity contribution < 1.29 is 38.1 Å². The number of carbonyl (C=O) groups is 3. The van der Waals surface area contributed by atoms with E-state index in [1.54, 1.807) is 52.8 Å². The van der Waals surface area contributed by atoms with Crippen molar-refractivity contribution in [3.63, 3.8) is 0 Å². The number of hydrogen-bond acceptors (Lipinski definition) is 9. The Labute approximate surface area is 354 Å². The van der Waals surface area contributed by atoms with Crippen molar-refractivity contribution in [1.29, 1.82) is 0 Å². The van der Waals surface area contributed by atoms with Gasteiger partial charge in [0, 0.05) is 47.0 Å². The lowest BCUT2D eigenvalue weighted by Crippen LogP contribution is -2.58. The van der Waals surface area contributed by atoms with Crippen molar-refractivity contribution in [2.24, 2.45) is 5.41 Å². The SMILES string of the molecule is COC(Cc1ccccc1NC(=O)C(NC(=O)[C@H](CCSC(c1ccccc1)(c1ccccc1)c1ccccc1)NC(=O)OC(C)(C)C)C(C)(C)CC(OC)OC)OC. The summed E-state index contributed by atoms with van der Waals surface area (Å²) >= 11 is 1.67. The van der Waals surface area contributed by atoms with E-state index in [9.17, 15) is 14.4 Å². The zero-order valence-electron chi connectivity index (χ0n) is 35.8. The molecule has 0 aromatic heterocycles. The molecule has 318 valence electrons. The van der Waals surface area contributed by atoms with Gasteiger partial charge in [-0.2, -0.15) is 0 Å². The van der Waals surface area contributed by atoms with Gasteiger partial charge in [0.25, 0.3) is 0 Å². The highest BCUT2D eigenvalue weighted by Crippen LogP contribution is 2.48. The van der Waals surface area contributed by atoms with E-state index < -0.39 is 58.3 Å². The minimum Gasteiger partial charge on any atom is -0.444 e. The normalized spacial score (nSPS) is 13.1. The summed E-state index contributed by atoms with van der Waals surface area (Å²) in [4.78, 5) is 42.6. The predicted octanol–water partition coefficient (Wildman–Crippen LogP) is 8.32. The number of rotatable bonds is 21. The van der Waals surface area contributed by atoms with Crippen LogP contribution >= 0.6 is 11.8 Å². The molecule has 3 N–H and O–H groups in total. The van der Waals surface area contributed by atoms with Gasteiger partial charge in [0.05, 0.1) is 4.75 Å². The third kappa shape index (κ3) is 13.1. The number of para-hydroxylation sites is 1. The molecule has 0 saturated heterocycles. The number of methoxy groups -OCH3 is 4. The monoisotopic (exact) mass is 827 g/mol. The highest BCUT2D eigenvalue weighted by Gasteiger charge is 2.41. The summed E-state index contributed by atoms with van der Waals surface area (Å²) in [5, 5.41) is 8.92. The Morgan fingerprint density at radius 2 is 1.08 bits per heavy atom. The molecular weight excluding hydrogens is 767 g/mol. The molecule has 0 aliphatic rings. The van der Waals surface area contributed by atoms with Gasteiger partial charge >= 0.3 is 6.09 Å². The number of hydrogen-bond donors (Lipinski definition) is 3. The molecule has 0 heterocycles. The Balaban J connectivity index is 1.72. The number of carbonyl (C=O) groups excluding carboxylic acids is 3. The van der Waals surface area contributed by atoms with E-state index in [0.29, 0.717) is 17.9 Å². The van der Waals surface area contributed by atoms with Crippen LogP contribution in [0.5, 0.6) is 0 Å². The molecule has 4 rings (SSSR count). The van der Waals surface area contributed by atoms with Gasteiger partial charge in [-0.15, -0.1) is 11.8 Å². The maximum Gasteiger partial charge on any atom is 0.408 e. The Bertz CT molecular complexity index is 1800. The van der Waals surface area contributed by atoms with Crippen LogP contribution in [0.15, 0.2) is 115 Å². The maximum absolute atomic E-state index is 14.7. The molecule has 0 radical (unpaired) electrons. The first-order valence-electron chi connectivity index (χ1n) is 19.8. The van der Waals surface area contributed by atoms with Gasteiger partial charge < -0.3 is 39.6 Å². The molecule has 3 amide bonds. The number of alkyl carbamates (subject to hydrolysis) is 1. The minimum absolute atomic E-state index is 0.204. The molecule has 0 spiro atoms. The first-order valence-corrected chi connectivity index (χ1v) is 20.8. The van der Waals surface area contributed by atoms with Crippen LogP contribution in [0.2, 0.25) is 0 Å². The van der Waals surface area contributed by atoms with Crippen LogP contribution in [0.3, 0.4) is 0 Å². The molecule has 4 aromatic rings. The Kier molecular flexibility index (Phi) is 17.5. The first kappa shape index (κ1) is 47.0. The Hall–Kier alpha value is -4.72. The van der Waals surface area contributed by atoms with Crippen LogP contribution in [-0.4, -0.2) is 82.4 Å². The van der Waals surface area contributed by atoms with Crippen LogP contribution in [-0.2, 0) is 44.4 Å².